The van der Waals surface area contributed by atoms with E-state index in [1.165, 1.54) is 0 Å². The van der Waals surface area contributed by atoms with Crippen molar-refractivity contribution in [1.29, 1.82) is 0 Å². The smallest absolute Gasteiger partial charge is 0.119 e. The number of hydrogen-bond acceptors (Lipinski definition) is 3. The fourth-order valence-electron chi connectivity index (χ4n) is 2.17. The third-order valence-corrected chi connectivity index (χ3v) is 3.27. The first-order chi connectivity index (χ1) is 9.86. The summed E-state index contributed by atoms with van der Waals surface area (Å²) in [5, 5.41) is 1.13. The zero-order chi connectivity index (χ0) is 13.8. The zero-order valence-corrected chi connectivity index (χ0v) is 11.1. The minimum atomic E-state index is 0.510. The van der Waals surface area contributed by atoms with Gasteiger partial charge in [0.25, 0.3) is 0 Å². The molecule has 2 N–H and O–H groups in total. The summed E-state index contributed by atoms with van der Waals surface area (Å²) in [4.78, 5) is 4.42. The SMILES string of the molecule is NCc1ccc(OCc2cccc3cccnc23)cc1. The molecule has 3 heteroatoms. The molecule has 2 aromatic carbocycles. The summed E-state index contributed by atoms with van der Waals surface area (Å²) in [6.07, 6.45) is 1.81. The van der Waals surface area contributed by atoms with Crippen LogP contribution in [0, 0.1) is 0 Å². The van der Waals surface area contributed by atoms with Crippen LogP contribution in [0.2, 0.25) is 0 Å². The molecule has 0 aliphatic heterocycles. The molecule has 0 radical (unpaired) electrons. The first-order valence-corrected chi connectivity index (χ1v) is 6.61. The molecule has 0 aliphatic rings. The summed E-state index contributed by atoms with van der Waals surface area (Å²) in [6, 6.07) is 18.0. The van der Waals surface area contributed by atoms with Gasteiger partial charge in [0.15, 0.2) is 0 Å². The lowest BCUT2D eigenvalue weighted by Gasteiger charge is -2.09. The van der Waals surface area contributed by atoms with Gasteiger partial charge in [-0.1, -0.05) is 36.4 Å². The van der Waals surface area contributed by atoms with Crippen LogP contribution in [0.4, 0.5) is 0 Å². The van der Waals surface area contributed by atoms with Gasteiger partial charge >= 0.3 is 0 Å². The molecular formula is C17H16N2O. The van der Waals surface area contributed by atoms with E-state index in [1.54, 1.807) is 0 Å². The van der Waals surface area contributed by atoms with Gasteiger partial charge in [-0.25, -0.2) is 0 Å². The Bertz CT molecular complexity index is 702. The second-order valence-electron chi connectivity index (χ2n) is 4.63. The highest BCUT2D eigenvalue weighted by molar-refractivity contribution is 5.81. The van der Waals surface area contributed by atoms with Gasteiger partial charge < -0.3 is 10.5 Å². The Labute approximate surface area is 118 Å². The summed E-state index contributed by atoms with van der Waals surface area (Å²) >= 11 is 0. The molecule has 0 atom stereocenters. The van der Waals surface area contributed by atoms with Gasteiger partial charge in [0.05, 0.1) is 5.52 Å². The van der Waals surface area contributed by atoms with Crippen LogP contribution in [-0.4, -0.2) is 4.98 Å². The van der Waals surface area contributed by atoms with Crippen molar-refractivity contribution >= 4 is 10.9 Å². The Balaban J connectivity index is 1.79. The summed E-state index contributed by atoms with van der Waals surface area (Å²) in [6.45, 7) is 1.06. The molecule has 0 saturated carbocycles. The number of fused-ring (bicyclic) bond motifs is 1. The molecule has 0 saturated heterocycles. The van der Waals surface area contributed by atoms with Crippen LogP contribution in [0.5, 0.6) is 5.75 Å². The lowest BCUT2D eigenvalue weighted by molar-refractivity contribution is 0.307. The molecule has 0 aliphatic carbocycles. The van der Waals surface area contributed by atoms with Crippen molar-refractivity contribution in [2.75, 3.05) is 0 Å². The quantitative estimate of drug-likeness (QED) is 0.786. The minimum Gasteiger partial charge on any atom is -0.489 e. The van der Waals surface area contributed by atoms with E-state index in [-0.39, 0.29) is 0 Å². The van der Waals surface area contributed by atoms with E-state index in [1.807, 2.05) is 48.7 Å². The number of nitrogens with two attached hydrogens (primary N) is 1. The minimum absolute atomic E-state index is 0.510. The fourth-order valence-corrected chi connectivity index (χ4v) is 2.17. The molecule has 0 bridgehead atoms. The van der Waals surface area contributed by atoms with E-state index in [9.17, 15) is 0 Å². The summed E-state index contributed by atoms with van der Waals surface area (Å²) < 4.78 is 5.82. The van der Waals surface area contributed by atoms with Gasteiger partial charge in [0.2, 0.25) is 0 Å². The van der Waals surface area contributed by atoms with Crippen molar-refractivity contribution in [3.63, 3.8) is 0 Å². The normalized spacial score (nSPS) is 10.7. The predicted octanol–water partition coefficient (Wildman–Crippen LogP) is 3.27. The average molecular weight is 264 g/mol. The maximum atomic E-state index is 5.82. The van der Waals surface area contributed by atoms with E-state index < -0.39 is 0 Å². The number of rotatable bonds is 4. The van der Waals surface area contributed by atoms with Crippen LogP contribution in [-0.2, 0) is 13.2 Å². The Morgan fingerprint density at radius 3 is 2.55 bits per heavy atom. The Morgan fingerprint density at radius 1 is 0.950 bits per heavy atom. The van der Waals surface area contributed by atoms with E-state index in [2.05, 4.69) is 17.1 Å². The second-order valence-corrected chi connectivity index (χ2v) is 4.63. The van der Waals surface area contributed by atoms with Crippen molar-refractivity contribution in [2.24, 2.45) is 5.73 Å². The third kappa shape index (κ3) is 2.63. The van der Waals surface area contributed by atoms with Crippen molar-refractivity contribution in [1.82, 2.24) is 4.98 Å². The first kappa shape index (κ1) is 12.6. The fraction of sp³-hybridized carbons (Fsp3) is 0.118. The van der Waals surface area contributed by atoms with Gasteiger partial charge in [-0.3, -0.25) is 4.98 Å². The molecule has 0 fully saturated rings. The molecule has 3 aromatic rings. The van der Waals surface area contributed by atoms with E-state index in [4.69, 9.17) is 10.5 Å². The van der Waals surface area contributed by atoms with Crippen molar-refractivity contribution < 1.29 is 4.74 Å². The van der Waals surface area contributed by atoms with Crippen LogP contribution in [0.1, 0.15) is 11.1 Å². The van der Waals surface area contributed by atoms with Crippen LogP contribution >= 0.6 is 0 Å². The van der Waals surface area contributed by atoms with Gasteiger partial charge in [0, 0.05) is 23.7 Å². The highest BCUT2D eigenvalue weighted by Gasteiger charge is 2.02. The molecule has 1 heterocycles. The lowest BCUT2D eigenvalue weighted by Crippen LogP contribution is -1.99. The number of hydrogen-bond donors (Lipinski definition) is 1. The molecule has 3 rings (SSSR count). The van der Waals surface area contributed by atoms with Crippen molar-refractivity contribution in [3.05, 3.63) is 71.9 Å². The number of nitrogens with zero attached hydrogens (tertiary/aromatic N) is 1. The average Bonchev–Trinajstić information content (AvgIpc) is 2.53. The van der Waals surface area contributed by atoms with Gasteiger partial charge in [-0.15, -0.1) is 0 Å². The second kappa shape index (κ2) is 5.72. The zero-order valence-electron chi connectivity index (χ0n) is 11.1. The molecule has 3 nitrogen and oxygen atoms in total. The highest BCUT2D eigenvalue weighted by Crippen LogP contribution is 2.19. The summed E-state index contributed by atoms with van der Waals surface area (Å²) in [7, 11) is 0. The first-order valence-electron chi connectivity index (χ1n) is 6.61. The largest absolute Gasteiger partial charge is 0.489 e. The molecule has 0 amide bonds. The molecule has 100 valence electrons. The maximum Gasteiger partial charge on any atom is 0.119 e. The van der Waals surface area contributed by atoms with Crippen LogP contribution in [0.25, 0.3) is 10.9 Å². The standard InChI is InChI=1S/C17H16N2O/c18-11-13-6-8-16(9-7-13)20-12-15-4-1-3-14-5-2-10-19-17(14)15/h1-10H,11-12,18H2. The van der Waals surface area contributed by atoms with Crippen molar-refractivity contribution in [2.45, 2.75) is 13.2 Å². The maximum absolute atomic E-state index is 5.82. The summed E-state index contributed by atoms with van der Waals surface area (Å²) in [5.41, 5.74) is 8.76. The molecule has 0 unspecified atom stereocenters. The topological polar surface area (TPSA) is 48.1 Å². The number of benzene rings is 2. The van der Waals surface area contributed by atoms with Gasteiger partial charge in [-0.05, 0) is 23.8 Å². The van der Waals surface area contributed by atoms with Crippen LogP contribution < -0.4 is 10.5 Å². The Morgan fingerprint density at radius 2 is 1.75 bits per heavy atom. The Kier molecular flexibility index (Phi) is 3.61. The summed E-state index contributed by atoms with van der Waals surface area (Å²) in [5.74, 6) is 0.843. The highest BCUT2D eigenvalue weighted by atomic mass is 16.5. The number of aromatic nitrogens is 1. The van der Waals surface area contributed by atoms with E-state index >= 15 is 0 Å². The number of pyridine rings is 1. The lowest BCUT2D eigenvalue weighted by atomic mass is 10.1. The molecular weight excluding hydrogens is 248 g/mol. The molecule has 20 heavy (non-hydrogen) atoms. The van der Waals surface area contributed by atoms with Crippen LogP contribution in [0.15, 0.2) is 60.8 Å². The Hall–Kier alpha value is -2.39. The van der Waals surface area contributed by atoms with Gasteiger partial charge in [0.1, 0.15) is 12.4 Å². The monoisotopic (exact) mass is 264 g/mol. The third-order valence-electron chi connectivity index (χ3n) is 3.27. The number of para-hydroxylation sites is 1. The predicted molar refractivity (Wildman–Crippen MR) is 80.4 cm³/mol. The van der Waals surface area contributed by atoms with Gasteiger partial charge in [-0.2, -0.15) is 0 Å². The molecule has 1 aromatic heterocycles. The van der Waals surface area contributed by atoms with E-state index in [0.29, 0.717) is 13.2 Å². The van der Waals surface area contributed by atoms with Crippen LogP contribution in [0.3, 0.4) is 0 Å². The molecule has 0 spiro atoms. The van der Waals surface area contributed by atoms with E-state index in [0.717, 1.165) is 27.8 Å². The number of ether oxygens (including phenoxy) is 1. The van der Waals surface area contributed by atoms with Crippen molar-refractivity contribution in [3.8, 4) is 5.75 Å².